The molecule has 1 saturated carbocycles. The predicted molar refractivity (Wildman–Crippen MR) is 73.0 cm³/mol. The van der Waals surface area contributed by atoms with Crippen LogP contribution in [-0.4, -0.2) is 60.0 Å². The van der Waals surface area contributed by atoms with Crippen LogP contribution in [0, 0.1) is 5.41 Å². The molecule has 0 aromatic heterocycles. The average Bonchev–Trinajstić information content (AvgIpc) is 2.82. The van der Waals surface area contributed by atoms with Crippen molar-refractivity contribution in [2.45, 2.75) is 32.1 Å². The van der Waals surface area contributed by atoms with Gasteiger partial charge in [-0.3, -0.25) is 4.79 Å². The van der Waals surface area contributed by atoms with Crippen molar-refractivity contribution in [1.82, 2.24) is 9.80 Å². The van der Waals surface area contributed by atoms with E-state index < -0.39 is 5.41 Å². The molecule has 0 atom stereocenters. The van der Waals surface area contributed by atoms with Crippen LogP contribution in [0.25, 0.3) is 0 Å². The molecule has 0 aromatic rings. The zero-order valence-electron chi connectivity index (χ0n) is 11.6. The molecule has 1 amide bonds. The van der Waals surface area contributed by atoms with E-state index in [4.69, 9.17) is 10.9 Å². The molecule has 2 fully saturated rings. The largest absolute Gasteiger partial charge is 0.409 e. The molecule has 1 saturated heterocycles. The first-order chi connectivity index (χ1) is 9.10. The van der Waals surface area contributed by atoms with E-state index in [1.807, 2.05) is 4.90 Å². The number of hydrogen-bond acceptors (Lipinski definition) is 4. The summed E-state index contributed by atoms with van der Waals surface area (Å²) in [5.74, 6) is 0.142. The number of likely N-dealkylation sites (N-methyl/N-ethyl adjacent to an activating group) is 1. The van der Waals surface area contributed by atoms with Crippen LogP contribution in [0.4, 0.5) is 0 Å². The number of oxime groups is 1. The van der Waals surface area contributed by atoms with Crippen LogP contribution in [0.15, 0.2) is 5.16 Å². The number of carbonyl (C=O) groups excluding carboxylic acids is 1. The molecule has 0 aromatic carbocycles. The Morgan fingerprint density at radius 3 is 2.47 bits per heavy atom. The van der Waals surface area contributed by atoms with Gasteiger partial charge in [-0.1, -0.05) is 18.0 Å². The van der Waals surface area contributed by atoms with E-state index in [9.17, 15) is 4.79 Å². The summed E-state index contributed by atoms with van der Waals surface area (Å²) in [6.07, 6.45) is 4.32. The van der Waals surface area contributed by atoms with Gasteiger partial charge in [0.05, 0.1) is 0 Å². The van der Waals surface area contributed by atoms with Crippen LogP contribution in [0.1, 0.15) is 32.1 Å². The Morgan fingerprint density at radius 2 is 1.84 bits per heavy atom. The highest BCUT2D eigenvalue weighted by Crippen LogP contribution is 2.40. The summed E-state index contributed by atoms with van der Waals surface area (Å²) < 4.78 is 0. The minimum atomic E-state index is -0.752. The minimum Gasteiger partial charge on any atom is -0.409 e. The summed E-state index contributed by atoms with van der Waals surface area (Å²) in [4.78, 5) is 16.9. The Labute approximate surface area is 114 Å². The maximum atomic E-state index is 12.8. The van der Waals surface area contributed by atoms with Gasteiger partial charge >= 0.3 is 0 Å². The molecule has 108 valence electrons. The van der Waals surface area contributed by atoms with Crippen molar-refractivity contribution < 1.29 is 10.0 Å². The van der Waals surface area contributed by atoms with Gasteiger partial charge < -0.3 is 20.7 Å². The van der Waals surface area contributed by atoms with Crippen LogP contribution in [0.3, 0.4) is 0 Å². The van der Waals surface area contributed by atoms with Gasteiger partial charge in [-0.05, 0) is 32.9 Å². The van der Waals surface area contributed by atoms with Crippen molar-refractivity contribution in [2.24, 2.45) is 16.3 Å². The highest BCUT2D eigenvalue weighted by atomic mass is 16.4. The van der Waals surface area contributed by atoms with E-state index in [1.165, 1.54) is 0 Å². The Balaban J connectivity index is 2.16. The smallest absolute Gasteiger partial charge is 0.236 e. The van der Waals surface area contributed by atoms with Gasteiger partial charge in [-0.2, -0.15) is 0 Å². The lowest BCUT2D eigenvalue weighted by molar-refractivity contribution is -0.138. The number of carbonyl (C=O) groups is 1. The van der Waals surface area contributed by atoms with Crippen molar-refractivity contribution in [3.8, 4) is 0 Å². The monoisotopic (exact) mass is 268 g/mol. The SMILES string of the molecule is CN1CCCN(C(=O)C2(C(N)=NO)CCCC2)CC1. The standard InChI is InChI=1S/C13H24N4O2/c1-16-7-4-8-17(10-9-16)12(18)13(11(14)15-19)5-2-3-6-13/h19H,2-10H2,1H3,(H2,14,15). The molecule has 6 nitrogen and oxygen atoms in total. The third-order valence-electron chi connectivity index (χ3n) is 4.47. The number of nitrogens with two attached hydrogens (primary N) is 1. The number of amidine groups is 1. The second kappa shape index (κ2) is 5.77. The van der Waals surface area contributed by atoms with Crippen LogP contribution >= 0.6 is 0 Å². The molecular formula is C13H24N4O2. The molecule has 6 heteroatoms. The highest BCUT2D eigenvalue weighted by molar-refractivity contribution is 6.07. The normalized spacial score (nSPS) is 25.3. The summed E-state index contributed by atoms with van der Waals surface area (Å²) in [5.41, 5.74) is 5.08. The van der Waals surface area contributed by atoms with E-state index in [1.54, 1.807) is 0 Å². The quantitative estimate of drug-likeness (QED) is 0.330. The van der Waals surface area contributed by atoms with Crippen LogP contribution < -0.4 is 5.73 Å². The number of rotatable bonds is 2. The van der Waals surface area contributed by atoms with Crippen molar-refractivity contribution in [2.75, 3.05) is 33.2 Å². The molecular weight excluding hydrogens is 244 g/mol. The molecule has 1 aliphatic heterocycles. The van der Waals surface area contributed by atoms with Gasteiger partial charge in [0, 0.05) is 19.6 Å². The van der Waals surface area contributed by atoms with Gasteiger partial charge in [0.2, 0.25) is 5.91 Å². The number of amides is 1. The molecule has 2 aliphatic rings. The fraction of sp³-hybridized carbons (Fsp3) is 0.846. The summed E-state index contributed by atoms with van der Waals surface area (Å²) in [6, 6.07) is 0. The van der Waals surface area contributed by atoms with Gasteiger partial charge in [-0.15, -0.1) is 0 Å². The maximum Gasteiger partial charge on any atom is 0.236 e. The second-order valence-electron chi connectivity index (χ2n) is 5.72. The Hall–Kier alpha value is -1.30. The first-order valence-corrected chi connectivity index (χ1v) is 7.06. The summed E-state index contributed by atoms with van der Waals surface area (Å²) >= 11 is 0. The van der Waals surface area contributed by atoms with Crippen LogP contribution in [-0.2, 0) is 4.79 Å². The van der Waals surface area contributed by atoms with Crippen molar-refractivity contribution in [3.05, 3.63) is 0 Å². The lowest BCUT2D eigenvalue weighted by atomic mass is 9.83. The number of hydrogen-bond donors (Lipinski definition) is 2. The fourth-order valence-electron chi connectivity index (χ4n) is 3.21. The zero-order chi connectivity index (χ0) is 13.9. The predicted octanol–water partition coefficient (Wildman–Crippen LogP) is 0.457. The highest BCUT2D eigenvalue weighted by Gasteiger charge is 2.47. The molecule has 1 aliphatic carbocycles. The lowest BCUT2D eigenvalue weighted by Crippen LogP contribution is -2.50. The van der Waals surface area contributed by atoms with Gasteiger partial charge in [0.1, 0.15) is 5.41 Å². The van der Waals surface area contributed by atoms with E-state index in [0.717, 1.165) is 45.4 Å². The molecule has 3 N–H and O–H groups in total. The minimum absolute atomic E-state index is 0.0515. The second-order valence-corrected chi connectivity index (χ2v) is 5.72. The number of nitrogens with zero attached hydrogens (tertiary/aromatic N) is 3. The summed E-state index contributed by atoms with van der Waals surface area (Å²) in [6.45, 7) is 3.40. The van der Waals surface area contributed by atoms with Crippen molar-refractivity contribution in [1.29, 1.82) is 0 Å². The fourth-order valence-corrected chi connectivity index (χ4v) is 3.21. The zero-order valence-corrected chi connectivity index (χ0v) is 11.6. The van der Waals surface area contributed by atoms with E-state index in [2.05, 4.69) is 17.1 Å². The van der Waals surface area contributed by atoms with E-state index >= 15 is 0 Å². The summed E-state index contributed by atoms with van der Waals surface area (Å²) in [5, 5.41) is 12.1. The van der Waals surface area contributed by atoms with Crippen LogP contribution in [0.2, 0.25) is 0 Å². The van der Waals surface area contributed by atoms with E-state index in [-0.39, 0.29) is 11.7 Å². The third kappa shape index (κ3) is 2.68. The van der Waals surface area contributed by atoms with E-state index in [0.29, 0.717) is 12.8 Å². The average molecular weight is 268 g/mol. The Kier molecular flexibility index (Phi) is 4.29. The van der Waals surface area contributed by atoms with Crippen molar-refractivity contribution in [3.63, 3.8) is 0 Å². The molecule has 0 radical (unpaired) electrons. The molecule has 2 rings (SSSR count). The molecule has 0 unspecified atom stereocenters. The van der Waals surface area contributed by atoms with Gasteiger partial charge in [0.15, 0.2) is 5.84 Å². The molecule has 1 heterocycles. The van der Waals surface area contributed by atoms with Gasteiger partial charge in [0.25, 0.3) is 0 Å². The Bertz CT molecular complexity index is 364. The first-order valence-electron chi connectivity index (χ1n) is 7.06. The van der Waals surface area contributed by atoms with Gasteiger partial charge in [-0.25, -0.2) is 0 Å². The third-order valence-corrected chi connectivity index (χ3v) is 4.47. The lowest BCUT2D eigenvalue weighted by Gasteiger charge is -2.32. The maximum absolute atomic E-state index is 12.8. The molecule has 0 spiro atoms. The molecule has 0 bridgehead atoms. The van der Waals surface area contributed by atoms with Crippen molar-refractivity contribution >= 4 is 11.7 Å². The molecule has 19 heavy (non-hydrogen) atoms. The Morgan fingerprint density at radius 1 is 1.16 bits per heavy atom. The first kappa shape index (κ1) is 14.1. The summed E-state index contributed by atoms with van der Waals surface area (Å²) in [7, 11) is 2.07. The van der Waals surface area contributed by atoms with Crippen LogP contribution in [0.5, 0.6) is 0 Å². The topological polar surface area (TPSA) is 82.2 Å².